The summed E-state index contributed by atoms with van der Waals surface area (Å²) >= 11 is 1.32. The standard InChI is InChI=1S/C12H21N5OS/c1-9-15-16-12(17(9)13)19-8-11(18)14-10-6-4-2-3-5-7-10/h10H,2-8,13H2,1H3,(H,14,18). The van der Waals surface area contributed by atoms with Gasteiger partial charge in [-0.3, -0.25) is 4.79 Å². The topological polar surface area (TPSA) is 85.8 Å². The first-order valence-electron chi connectivity index (χ1n) is 6.76. The predicted octanol–water partition coefficient (Wildman–Crippen LogP) is 1.23. The summed E-state index contributed by atoms with van der Waals surface area (Å²) < 4.78 is 1.41. The van der Waals surface area contributed by atoms with Crippen LogP contribution < -0.4 is 11.2 Å². The van der Waals surface area contributed by atoms with Crippen LogP contribution in [0.1, 0.15) is 44.3 Å². The highest BCUT2D eigenvalue weighted by molar-refractivity contribution is 7.99. The van der Waals surface area contributed by atoms with E-state index in [1.54, 1.807) is 6.92 Å². The predicted molar refractivity (Wildman–Crippen MR) is 75.3 cm³/mol. The first-order chi connectivity index (χ1) is 9.16. The molecule has 0 saturated heterocycles. The second kappa shape index (κ2) is 6.79. The highest BCUT2D eigenvalue weighted by Gasteiger charge is 2.15. The van der Waals surface area contributed by atoms with E-state index in [0.717, 1.165) is 12.8 Å². The van der Waals surface area contributed by atoms with E-state index >= 15 is 0 Å². The molecule has 1 aliphatic carbocycles. The molecule has 0 atom stereocenters. The Balaban J connectivity index is 1.76. The Labute approximate surface area is 117 Å². The van der Waals surface area contributed by atoms with Crippen molar-refractivity contribution >= 4 is 17.7 Å². The van der Waals surface area contributed by atoms with Crippen LogP contribution in [0.25, 0.3) is 0 Å². The fraction of sp³-hybridized carbons (Fsp3) is 0.750. The molecule has 1 heterocycles. The fourth-order valence-corrected chi connectivity index (χ4v) is 2.98. The van der Waals surface area contributed by atoms with E-state index < -0.39 is 0 Å². The molecule has 1 fully saturated rings. The van der Waals surface area contributed by atoms with Crippen LogP contribution in [0.2, 0.25) is 0 Å². The first kappa shape index (κ1) is 14.2. The Morgan fingerprint density at radius 1 is 1.37 bits per heavy atom. The van der Waals surface area contributed by atoms with Gasteiger partial charge in [0.1, 0.15) is 5.82 Å². The van der Waals surface area contributed by atoms with Gasteiger partial charge in [0, 0.05) is 6.04 Å². The third kappa shape index (κ3) is 4.12. The molecule has 1 aliphatic rings. The SMILES string of the molecule is Cc1nnc(SCC(=O)NC2CCCCCC2)n1N. The summed E-state index contributed by atoms with van der Waals surface area (Å²) in [5.41, 5.74) is 0. The molecule has 2 rings (SSSR count). The van der Waals surface area contributed by atoms with Crippen LogP contribution in [0.15, 0.2) is 5.16 Å². The summed E-state index contributed by atoms with van der Waals surface area (Å²) in [5.74, 6) is 6.77. The zero-order chi connectivity index (χ0) is 13.7. The molecule has 0 radical (unpaired) electrons. The molecule has 0 aromatic carbocycles. The summed E-state index contributed by atoms with van der Waals surface area (Å²) in [5, 5.41) is 11.5. The zero-order valence-corrected chi connectivity index (χ0v) is 12.1. The second-order valence-corrected chi connectivity index (χ2v) is 5.89. The van der Waals surface area contributed by atoms with Crippen molar-refractivity contribution in [3.8, 4) is 0 Å². The van der Waals surface area contributed by atoms with Crippen molar-refractivity contribution in [2.24, 2.45) is 0 Å². The molecule has 1 aromatic rings. The van der Waals surface area contributed by atoms with Crippen LogP contribution in [-0.2, 0) is 4.79 Å². The van der Waals surface area contributed by atoms with Gasteiger partial charge in [0.25, 0.3) is 0 Å². The number of hydrogen-bond acceptors (Lipinski definition) is 5. The Kier molecular flexibility index (Phi) is 5.07. The van der Waals surface area contributed by atoms with Gasteiger partial charge >= 0.3 is 0 Å². The number of rotatable bonds is 4. The maximum Gasteiger partial charge on any atom is 0.230 e. The summed E-state index contributed by atoms with van der Waals surface area (Å²) in [4.78, 5) is 11.9. The smallest absolute Gasteiger partial charge is 0.230 e. The number of nitrogens with two attached hydrogens (primary N) is 1. The summed E-state index contributed by atoms with van der Waals surface area (Å²) in [6.45, 7) is 1.78. The van der Waals surface area contributed by atoms with Gasteiger partial charge in [0.15, 0.2) is 0 Å². The normalized spacial score (nSPS) is 17.1. The highest BCUT2D eigenvalue weighted by Crippen LogP contribution is 2.18. The van der Waals surface area contributed by atoms with Crippen LogP contribution in [0.4, 0.5) is 0 Å². The van der Waals surface area contributed by atoms with E-state index in [1.165, 1.54) is 42.1 Å². The number of aryl methyl sites for hydroxylation is 1. The molecule has 106 valence electrons. The van der Waals surface area contributed by atoms with Crippen LogP contribution in [0, 0.1) is 6.92 Å². The third-order valence-electron chi connectivity index (χ3n) is 3.39. The molecule has 1 amide bonds. The van der Waals surface area contributed by atoms with Gasteiger partial charge in [0.05, 0.1) is 5.75 Å². The molecule has 3 N–H and O–H groups in total. The maximum atomic E-state index is 11.9. The van der Waals surface area contributed by atoms with Gasteiger partial charge in [-0.2, -0.15) is 0 Å². The molecular weight excluding hydrogens is 262 g/mol. The van der Waals surface area contributed by atoms with Gasteiger partial charge in [0.2, 0.25) is 11.1 Å². The van der Waals surface area contributed by atoms with E-state index in [2.05, 4.69) is 15.5 Å². The van der Waals surface area contributed by atoms with E-state index in [9.17, 15) is 4.79 Å². The van der Waals surface area contributed by atoms with Gasteiger partial charge in [-0.25, -0.2) is 4.68 Å². The molecule has 0 unspecified atom stereocenters. The van der Waals surface area contributed by atoms with Crippen LogP contribution in [-0.4, -0.2) is 32.6 Å². The number of nitrogens with zero attached hydrogens (tertiary/aromatic N) is 3. The van der Waals surface area contributed by atoms with Crippen LogP contribution in [0.3, 0.4) is 0 Å². The summed E-state index contributed by atoms with van der Waals surface area (Å²) in [6, 6.07) is 0.341. The molecule has 0 aliphatic heterocycles. The number of carbonyl (C=O) groups is 1. The lowest BCUT2D eigenvalue weighted by Gasteiger charge is -2.15. The Morgan fingerprint density at radius 2 is 2.05 bits per heavy atom. The van der Waals surface area contributed by atoms with Crippen molar-refractivity contribution in [2.75, 3.05) is 11.6 Å². The third-order valence-corrected chi connectivity index (χ3v) is 4.33. The Hall–Kier alpha value is -1.24. The number of thioether (sulfide) groups is 1. The van der Waals surface area contributed by atoms with Crippen LogP contribution >= 0.6 is 11.8 Å². The van der Waals surface area contributed by atoms with Crippen molar-refractivity contribution in [1.29, 1.82) is 0 Å². The minimum absolute atomic E-state index is 0.0533. The van der Waals surface area contributed by atoms with E-state index in [4.69, 9.17) is 5.84 Å². The second-order valence-electron chi connectivity index (χ2n) is 4.94. The van der Waals surface area contributed by atoms with Gasteiger partial charge in [-0.1, -0.05) is 37.4 Å². The first-order valence-corrected chi connectivity index (χ1v) is 7.74. The molecule has 1 aromatic heterocycles. The average molecular weight is 283 g/mol. The number of amides is 1. The van der Waals surface area contributed by atoms with Gasteiger partial charge in [-0.15, -0.1) is 10.2 Å². The van der Waals surface area contributed by atoms with Gasteiger partial charge < -0.3 is 11.2 Å². The van der Waals surface area contributed by atoms with E-state index in [1.807, 2.05) is 0 Å². The quantitative estimate of drug-likeness (QED) is 0.493. The van der Waals surface area contributed by atoms with Crippen molar-refractivity contribution in [3.05, 3.63) is 5.82 Å². The van der Waals surface area contributed by atoms with Crippen molar-refractivity contribution in [1.82, 2.24) is 20.2 Å². The maximum absolute atomic E-state index is 11.9. The lowest BCUT2D eigenvalue weighted by Crippen LogP contribution is -2.35. The Bertz CT molecular complexity index is 426. The largest absolute Gasteiger partial charge is 0.353 e. The van der Waals surface area contributed by atoms with Crippen molar-refractivity contribution < 1.29 is 4.79 Å². The Morgan fingerprint density at radius 3 is 2.63 bits per heavy atom. The minimum Gasteiger partial charge on any atom is -0.353 e. The monoisotopic (exact) mass is 283 g/mol. The fourth-order valence-electron chi connectivity index (χ4n) is 2.27. The number of nitrogen functional groups attached to an aromatic ring is 1. The molecule has 7 heteroatoms. The number of aromatic nitrogens is 3. The van der Waals surface area contributed by atoms with Gasteiger partial charge in [-0.05, 0) is 19.8 Å². The molecule has 1 saturated carbocycles. The molecular formula is C12H21N5OS. The molecule has 0 bridgehead atoms. The van der Waals surface area contributed by atoms with Crippen molar-refractivity contribution in [3.63, 3.8) is 0 Å². The molecule has 6 nitrogen and oxygen atoms in total. The van der Waals surface area contributed by atoms with Crippen LogP contribution in [0.5, 0.6) is 0 Å². The van der Waals surface area contributed by atoms with E-state index in [-0.39, 0.29) is 5.91 Å². The highest BCUT2D eigenvalue weighted by atomic mass is 32.2. The minimum atomic E-state index is 0.0533. The molecule has 19 heavy (non-hydrogen) atoms. The lowest BCUT2D eigenvalue weighted by molar-refractivity contribution is -0.119. The number of carbonyl (C=O) groups excluding carboxylic acids is 1. The number of hydrogen-bond donors (Lipinski definition) is 2. The molecule has 0 spiro atoms. The number of nitrogens with one attached hydrogen (secondary N) is 1. The zero-order valence-electron chi connectivity index (χ0n) is 11.3. The van der Waals surface area contributed by atoms with Crippen molar-refractivity contribution in [2.45, 2.75) is 56.6 Å². The average Bonchev–Trinajstić information content (AvgIpc) is 2.60. The van der Waals surface area contributed by atoms with E-state index in [0.29, 0.717) is 22.8 Å². The summed E-state index contributed by atoms with van der Waals surface area (Å²) in [7, 11) is 0. The summed E-state index contributed by atoms with van der Waals surface area (Å²) in [6.07, 6.45) is 7.21. The lowest BCUT2D eigenvalue weighted by atomic mass is 10.1.